The average molecular weight is 182 g/mol. The zero-order valence-electron chi connectivity index (χ0n) is 4.47. The number of primary amides is 1. The Morgan fingerprint density at radius 3 is 2.25 bits per heavy atom. The summed E-state index contributed by atoms with van der Waals surface area (Å²) < 4.78 is 0. The van der Waals surface area contributed by atoms with Crippen molar-refractivity contribution in [2.75, 3.05) is 0 Å². The van der Waals surface area contributed by atoms with Crippen LogP contribution in [0, 0.1) is 0 Å². The van der Waals surface area contributed by atoms with Crippen molar-refractivity contribution >= 4 is 21.8 Å². The number of hydrogen-bond acceptors (Lipinski definition) is 2. The highest BCUT2D eigenvalue weighted by atomic mass is 79.9. The fraction of sp³-hybridized carbons (Fsp3) is 0.750. The molecule has 1 amide bonds. The molecule has 0 aromatic heterocycles. The standard InChI is InChI=1S/C4H8BrNO2/c1-2(5)3(7)4(6)8/h2-3,7H,1H3,(H2,6,8). The lowest BCUT2D eigenvalue weighted by atomic mass is 10.3. The molecule has 0 aliphatic heterocycles. The largest absolute Gasteiger partial charge is 0.382 e. The number of carbonyl (C=O) groups excluding carboxylic acids is 1. The molecule has 2 unspecified atom stereocenters. The van der Waals surface area contributed by atoms with E-state index in [0.717, 1.165) is 0 Å². The minimum Gasteiger partial charge on any atom is -0.382 e. The number of nitrogens with two attached hydrogens (primary N) is 1. The lowest BCUT2D eigenvalue weighted by Gasteiger charge is -2.06. The monoisotopic (exact) mass is 181 g/mol. The third-order valence-corrected chi connectivity index (χ3v) is 1.23. The lowest BCUT2D eigenvalue weighted by molar-refractivity contribution is -0.125. The minimum absolute atomic E-state index is 0.264. The van der Waals surface area contributed by atoms with Gasteiger partial charge in [-0.15, -0.1) is 0 Å². The number of rotatable bonds is 2. The van der Waals surface area contributed by atoms with E-state index >= 15 is 0 Å². The van der Waals surface area contributed by atoms with Crippen LogP contribution in [0.15, 0.2) is 0 Å². The Morgan fingerprint density at radius 2 is 2.25 bits per heavy atom. The van der Waals surface area contributed by atoms with Gasteiger partial charge in [0.05, 0.1) is 0 Å². The highest BCUT2D eigenvalue weighted by Gasteiger charge is 2.15. The molecule has 0 radical (unpaired) electrons. The molecule has 0 bridgehead atoms. The minimum atomic E-state index is -1.07. The normalized spacial score (nSPS) is 17.4. The first-order chi connectivity index (χ1) is 3.55. The molecule has 0 aliphatic rings. The molecule has 0 saturated carbocycles. The van der Waals surface area contributed by atoms with Gasteiger partial charge in [0.25, 0.3) is 0 Å². The maximum absolute atomic E-state index is 10.1. The molecular weight excluding hydrogens is 174 g/mol. The van der Waals surface area contributed by atoms with E-state index in [0.29, 0.717) is 0 Å². The summed E-state index contributed by atoms with van der Waals surface area (Å²) in [6.45, 7) is 1.65. The maximum atomic E-state index is 10.1. The highest BCUT2D eigenvalue weighted by Crippen LogP contribution is 2.02. The fourth-order valence-corrected chi connectivity index (χ4v) is 0.487. The van der Waals surface area contributed by atoms with E-state index in [-0.39, 0.29) is 4.83 Å². The summed E-state index contributed by atoms with van der Waals surface area (Å²) in [4.78, 5) is 9.82. The van der Waals surface area contributed by atoms with E-state index in [2.05, 4.69) is 15.9 Å². The van der Waals surface area contributed by atoms with Gasteiger partial charge in [0.15, 0.2) is 0 Å². The third kappa shape index (κ3) is 2.28. The van der Waals surface area contributed by atoms with Crippen LogP contribution in [0.5, 0.6) is 0 Å². The van der Waals surface area contributed by atoms with Crippen LogP contribution in [0.25, 0.3) is 0 Å². The Kier molecular flexibility index (Phi) is 3.01. The van der Waals surface area contributed by atoms with Gasteiger partial charge in [-0.05, 0) is 6.92 Å². The van der Waals surface area contributed by atoms with Gasteiger partial charge in [0, 0.05) is 4.83 Å². The highest BCUT2D eigenvalue weighted by molar-refractivity contribution is 9.09. The Labute approximate surface area is 56.0 Å². The summed E-state index contributed by atoms with van der Waals surface area (Å²) in [7, 11) is 0. The van der Waals surface area contributed by atoms with Gasteiger partial charge in [-0.3, -0.25) is 4.79 Å². The molecule has 0 spiro atoms. The van der Waals surface area contributed by atoms with Crippen molar-refractivity contribution in [2.45, 2.75) is 17.9 Å². The van der Waals surface area contributed by atoms with Crippen LogP contribution in [0.3, 0.4) is 0 Å². The lowest BCUT2D eigenvalue weighted by Crippen LogP contribution is -2.33. The third-order valence-electron chi connectivity index (χ3n) is 0.727. The van der Waals surface area contributed by atoms with Crippen molar-refractivity contribution in [1.82, 2.24) is 0 Å². The van der Waals surface area contributed by atoms with Crippen molar-refractivity contribution in [3.8, 4) is 0 Å². The molecule has 0 rings (SSSR count). The van der Waals surface area contributed by atoms with Crippen LogP contribution in [-0.2, 0) is 4.79 Å². The van der Waals surface area contributed by atoms with Gasteiger partial charge < -0.3 is 10.8 Å². The number of hydrogen-bond donors (Lipinski definition) is 2. The van der Waals surface area contributed by atoms with E-state index in [4.69, 9.17) is 10.8 Å². The summed E-state index contributed by atoms with van der Waals surface area (Å²) >= 11 is 2.99. The maximum Gasteiger partial charge on any atom is 0.247 e. The van der Waals surface area contributed by atoms with E-state index < -0.39 is 12.0 Å². The fourth-order valence-electron chi connectivity index (χ4n) is 0.226. The molecule has 3 N–H and O–H groups in total. The van der Waals surface area contributed by atoms with Crippen LogP contribution in [-0.4, -0.2) is 21.9 Å². The topological polar surface area (TPSA) is 63.3 Å². The van der Waals surface area contributed by atoms with Gasteiger partial charge >= 0.3 is 0 Å². The van der Waals surface area contributed by atoms with Crippen molar-refractivity contribution < 1.29 is 9.90 Å². The SMILES string of the molecule is CC(Br)C(O)C(N)=O. The second-order valence-electron chi connectivity index (χ2n) is 1.52. The predicted molar refractivity (Wildman–Crippen MR) is 33.6 cm³/mol. The Morgan fingerprint density at radius 1 is 1.88 bits per heavy atom. The second kappa shape index (κ2) is 3.04. The van der Waals surface area contributed by atoms with Crippen molar-refractivity contribution in [3.63, 3.8) is 0 Å². The summed E-state index contributed by atoms with van der Waals surface area (Å²) in [6, 6.07) is 0. The Hall–Kier alpha value is -0.0900. The van der Waals surface area contributed by atoms with E-state index in [1.54, 1.807) is 6.92 Å². The predicted octanol–water partition coefficient (Wildman–Crippen LogP) is -0.384. The van der Waals surface area contributed by atoms with E-state index in [9.17, 15) is 4.79 Å². The van der Waals surface area contributed by atoms with Crippen LogP contribution in [0.4, 0.5) is 0 Å². The molecule has 4 heteroatoms. The van der Waals surface area contributed by atoms with Gasteiger partial charge in [0.2, 0.25) is 5.91 Å². The molecule has 48 valence electrons. The summed E-state index contributed by atoms with van der Waals surface area (Å²) in [5.41, 5.74) is 4.72. The molecule has 0 saturated heterocycles. The van der Waals surface area contributed by atoms with Crippen molar-refractivity contribution in [1.29, 1.82) is 0 Å². The molecule has 3 nitrogen and oxygen atoms in total. The first-order valence-corrected chi connectivity index (χ1v) is 3.08. The van der Waals surface area contributed by atoms with Gasteiger partial charge in [0.1, 0.15) is 6.10 Å². The van der Waals surface area contributed by atoms with Crippen LogP contribution in [0.2, 0.25) is 0 Å². The zero-order valence-corrected chi connectivity index (χ0v) is 6.05. The first-order valence-electron chi connectivity index (χ1n) is 2.17. The van der Waals surface area contributed by atoms with Gasteiger partial charge in [-0.2, -0.15) is 0 Å². The van der Waals surface area contributed by atoms with E-state index in [1.807, 2.05) is 0 Å². The molecule has 2 atom stereocenters. The number of halogens is 1. The Balaban J connectivity index is 3.64. The number of aliphatic hydroxyl groups excluding tert-OH is 1. The molecular formula is C4H8BrNO2. The molecule has 8 heavy (non-hydrogen) atoms. The first kappa shape index (κ1) is 7.91. The summed E-state index contributed by atoms with van der Waals surface area (Å²) in [5, 5.41) is 8.68. The van der Waals surface area contributed by atoms with Gasteiger partial charge in [-0.25, -0.2) is 0 Å². The number of alkyl halides is 1. The van der Waals surface area contributed by atoms with E-state index in [1.165, 1.54) is 0 Å². The zero-order chi connectivity index (χ0) is 6.73. The van der Waals surface area contributed by atoms with Crippen molar-refractivity contribution in [3.05, 3.63) is 0 Å². The smallest absolute Gasteiger partial charge is 0.247 e. The van der Waals surface area contributed by atoms with Gasteiger partial charge in [-0.1, -0.05) is 15.9 Å². The number of carbonyl (C=O) groups is 1. The van der Waals surface area contributed by atoms with Crippen LogP contribution in [0.1, 0.15) is 6.92 Å². The molecule has 0 fully saturated rings. The summed E-state index contributed by atoms with van der Waals surface area (Å²) in [6.07, 6.45) is -1.07. The average Bonchev–Trinajstić information content (AvgIpc) is 1.64. The van der Waals surface area contributed by atoms with Crippen LogP contribution >= 0.6 is 15.9 Å². The summed E-state index contributed by atoms with van der Waals surface area (Å²) in [5.74, 6) is -0.700. The molecule has 0 aromatic rings. The molecule has 0 heterocycles. The van der Waals surface area contributed by atoms with Crippen molar-refractivity contribution in [2.24, 2.45) is 5.73 Å². The molecule has 0 aliphatic carbocycles. The molecule has 0 aromatic carbocycles. The Bertz CT molecular complexity index is 94.0. The second-order valence-corrected chi connectivity index (χ2v) is 2.97. The quantitative estimate of drug-likeness (QED) is 0.571. The van der Waals surface area contributed by atoms with Crippen LogP contribution < -0.4 is 5.73 Å². The number of aliphatic hydroxyl groups is 1. The number of amides is 1.